The molecule has 23 heavy (non-hydrogen) atoms. The molecule has 0 saturated carbocycles. The Balaban J connectivity index is 1.75. The van der Waals surface area contributed by atoms with Crippen molar-refractivity contribution in [1.82, 2.24) is 4.98 Å². The Morgan fingerprint density at radius 2 is 1.96 bits per heavy atom. The number of hydrogen-bond donors (Lipinski definition) is 0. The van der Waals surface area contributed by atoms with Gasteiger partial charge in [0, 0.05) is 25.4 Å². The highest BCUT2D eigenvalue weighted by molar-refractivity contribution is 5.57. The molecule has 0 amide bonds. The van der Waals surface area contributed by atoms with Crippen molar-refractivity contribution in [2.24, 2.45) is 0 Å². The lowest BCUT2D eigenvalue weighted by Gasteiger charge is -2.33. The number of hydrogen-bond acceptors (Lipinski definition) is 5. The fourth-order valence-electron chi connectivity index (χ4n) is 3.18. The summed E-state index contributed by atoms with van der Waals surface area (Å²) < 4.78 is 5.45. The highest BCUT2D eigenvalue weighted by Crippen LogP contribution is 2.36. The van der Waals surface area contributed by atoms with E-state index < -0.39 is 0 Å². The van der Waals surface area contributed by atoms with Crippen LogP contribution < -0.4 is 9.64 Å². The standard InChI is InChI=1S/C17H19N3O3/c1-23-16-7-3-2-5-14(16)13-8-11-19(12-9-13)17-15(20(21)22)6-4-10-18-17/h2-7,10,13H,8-9,11-12H2,1H3. The van der Waals surface area contributed by atoms with E-state index >= 15 is 0 Å². The van der Waals surface area contributed by atoms with Crippen molar-refractivity contribution in [3.8, 4) is 5.75 Å². The molecule has 0 spiro atoms. The van der Waals surface area contributed by atoms with E-state index in [4.69, 9.17) is 4.74 Å². The molecule has 0 N–H and O–H groups in total. The molecule has 2 aromatic rings. The predicted molar refractivity (Wildman–Crippen MR) is 88.1 cm³/mol. The van der Waals surface area contributed by atoms with Gasteiger partial charge in [-0.1, -0.05) is 18.2 Å². The van der Waals surface area contributed by atoms with Crippen molar-refractivity contribution in [3.63, 3.8) is 0 Å². The molecule has 1 saturated heterocycles. The fraction of sp³-hybridized carbons (Fsp3) is 0.353. The van der Waals surface area contributed by atoms with Gasteiger partial charge in [0.25, 0.3) is 0 Å². The maximum Gasteiger partial charge on any atom is 0.311 e. The van der Waals surface area contributed by atoms with Gasteiger partial charge >= 0.3 is 5.69 Å². The number of nitrogens with zero attached hydrogens (tertiary/aromatic N) is 3. The summed E-state index contributed by atoms with van der Waals surface area (Å²) in [4.78, 5) is 17.0. The summed E-state index contributed by atoms with van der Waals surface area (Å²) in [5.74, 6) is 1.79. The summed E-state index contributed by atoms with van der Waals surface area (Å²) in [6.45, 7) is 1.50. The Morgan fingerprint density at radius 1 is 1.22 bits per heavy atom. The first-order valence-electron chi connectivity index (χ1n) is 7.68. The number of para-hydroxylation sites is 1. The fourth-order valence-corrected chi connectivity index (χ4v) is 3.18. The van der Waals surface area contributed by atoms with Gasteiger partial charge < -0.3 is 9.64 Å². The smallest absolute Gasteiger partial charge is 0.311 e. The molecule has 120 valence electrons. The summed E-state index contributed by atoms with van der Waals surface area (Å²) in [7, 11) is 1.69. The normalized spacial score (nSPS) is 15.4. The molecule has 1 aliphatic rings. The molecular weight excluding hydrogens is 294 g/mol. The second-order valence-electron chi connectivity index (χ2n) is 5.61. The predicted octanol–water partition coefficient (Wildman–Crippen LogP) is 3.38. The van der Waals surface area contributed by atoms with Crippen molar-refractivity contribution in [2.75, 3.05) is 25.1 Å². The van der Waals surface area contributed by atoms with E-state index in [1.165, 1.54) is 11.6 Å². The van der Waals surface area contributed by atoms with Gasteiger partial charge in [-0.15, -0.1) is 0 Å². The number of nitro groups is 1. The molecule has 1 aromatic heterocycles. The Hall–Kier alpha value is -2.63. The first-order chi connectivity index (χ1) is 11.2. The lowest BCUT2D eigenvalue weighted by Crippen LogP contribution is -2.34. The second-order valence-corrected chi connectivity index (χ2v) is 5.61. The van der Waals surface area contributed by atoms with E-state index in [9.17, 15) is 10.1 Å². The van der Waals surface area contributed by atoms with Crippen LogP contribution in [0.1, 0.15) is 24.3 Å². The average molecular weight is 313 g/mol. The Kier molecular flexibility index (Phi) is 4.41. The lowest BCUT2D eigenvalue weighted by molar-refractivity contribution is -0.384. The van der Waals surface area contributed by atoms with Crippen LogP contribution in [0.3, 0.4) is 0 Å². The minimum absolute atomic E-state index is 0.0724. The lowest BCUT2D eigenvalue weighted by atomic mass is 9.89. The third-order valence-corrected chi connectivity index (χ3v) is 4.34. The van der Waals surface area contributed by atoms with Crippen LogP contribution in [0.4, 0.5) is 11.5 Å². The van der Waals surface area contributed by atoms with Gasteiger partial charge in [-0.25, -0.2) is 4.98 Å². The summed E-state index contributed by atoms with van der Waals surface area (Å²) in [5.41, 5.74) is 1.29. The van der Waals surface area contributed by atoms with Gasteiger partial charge in [-0.2, -0.15) is 0 Å². The number of ether oxygens (including phenoxy) is 1. The highest BCUT2D eigenvalue weighted by atomic mass is 16.6. The molecule has 3 rings (SSSR count). The molecule has 1 aromatic carbocycles. The SMILES string of the molecule is COc1ccccc1C1CCN(c2ncccc2[N+](=O)[O-])CC1. The minimum Gasteiger partial charge on any atom is -0.496 e. The van der Waals surface area contributed by atoms with Crippen LogP contribution in [0.15, 0.2) is 42.6 Å². The second kappa shape index (κ2) is 6.64. The van der Waals surface area contributed by atoms with Gasteiger partial charge in [0.15, 0.2) is 0 Å². The van der Waals surface area contributed by atoms with Gasteiger partial charge in [-0.3, -0.25) is 10.1 Å². The van der Waals surface area contributed by atoms with Gasteiger partial charge in [0.2, 0.25) is 5.82 Å². The minimum atomic E-state index is -0.366. The number of benzene rings is 1. The van der Waals surface area contributed by atoms with E-state index in [1.54, 1.807) is 19.4 Å². The molecule has 6 nitrogen and oxygen atoms in total. The van der Waals surface area contributed by atoms with Crippen LogP contribution in [0, 0.1) is 10.1 Å². The number of piperidine rings is 1. The Morgan fingerprint density at radius 3 is 2.65 bits per heavy atom. The van der Waals surface area contributed by atoms with E-state index in [0.29, 0.717) is 11.7 Å². The zero-order valence-electron chi connectivity index (χ0n) is 13.0. The zero-order chi connectivity index (χ0) is 16.2. The molecule has 0 bridgehead atoms. The maximum absolute atomic E-state index is 11.2. The number of methoxy groups -OCH3 is 1. The summed E-state index contributed by atoms with van der Waals surface area (Å²) in [5, 5.41) is 11.2. The topological polar surface area (TPSA) is 68.5 Å². The average Bonchev–Trinajstić information content (AvgIpc) is 2.62. The van der Waals surface area contributed by atoms with E-state index in [-0.39, 0.29) is 10.6 Å². The first-order valence-corrected chi connectivity index (χ1v) is 7.68. The quantitative estimate of drug-likeness (QED) is 0.639. The van der Waals surface area contributed by atoms with Crippen LogP contribution in [0.5, 0.6) is 5.75 Å². The van der Waals surface area contributed by atoms with Crippen molar-refractivity contribution in [1.29, 1.82) is 0 Å². The molecule has 1 fully saturated rings. The van der Waals surface area contributed by atoms with Crippen LogP contribution in [-0.2, 0) is 0 Å². The summed E-state index contributed by atoms with van der Waals surface area (Å²) in [6, 6.07) is 11.2. The van der Waals surface area contributed by atoms with Crippen LogP contribution in [0.2, 0.25) is 0 Å². The van der Waals surface area contributed by atoms with E-state index in [2.05, 4.69) is 11.1 Å². The molecule has 6 heteroatoms. The summed E-state index contributed by atoms with van der Waals surface area (Å²) >= 11 is 0. The molecule has 0 atom stereocenters. The molecule has 0 unspecified atom stereocenters. The number of rotatable bonds is 4. The Bertz CT molecular complexity index is 697. The van der Waals surface area contributed by atoms with E-state index in [1.807, 2.05) is 23.1 Å². The molecule has 1 aliphatic heterocycles. The van der Waals surface area contributed by atoms with Crippen molar-refractivity contribution in [2.45, 2.75) is 18.8 Å². The zero-order valence-corrected chi connectivity index (χ0v) is 13.0. The van der Waals surface area contributed by atoms with Gasteiger partial charge in [-0.05, 0) is 36.5 Å². The van der Waals surface area contributed by atoms with Gasteiger partial charge in [0.1, 0.15) is 5.75 Å². The van der Waals surface area contributed by atoms with Crippen molar-refractivity contribution in [3.05, 3.63) is 58.3 Å². The number of aromatic nitrogens is 1. The Labute approximate surface area is 134 Å². The first kappa shape index (κ1) is 15.3. The largest absolute Gasteiger partial charge is 0.496 e. The monoisotopic (exact) mass is 313 g/mol. The van der Waals surface area contributed by atoms with Crippen LogP contribution in [0.25, 0.3) is 0 Å². The molecule has 2 heterocycles. The molecule has 0 radical (unpaired) electrons. The van der Waals surface area contributed by atoms with Crippen molar-refractivity contribution >= 4 is 11.5 Å². The number of anilines is 1. The highest BCUT2D eigenvalue weighted by Gasteiger charge is 2.27. The molecular formula is C17H19N3O3. The van der Waals surface area contributed by atoms with Crippen molar-refractivity contribution < 1.29 is 9.66 Å². The van der Waals surface area contributed by atoms with Gasteiger partial charge in [0.05, 0.1) is 12.0 Å². The van der Waals surface area contributed by atoms with E-state index in [0.717, 1.165) is 31.7 Å². The third kappa shape index (κ3) is 3.11. The van der Waals surface area contributed by atoms with Crippen LogP contribution in [-0.4, -0.2) is 30.1 Å². The molecule has 0 aliphatic carbocycles. The maximum atomic E-state index is 11.2. The van der Waals surface area contributed by atoms with Crippen LogP contribution >= 0.6 is 0 Å². The summed E-state index contributed by atoms with van der Waals surface area (Å²) in [6.07, 6.45) is 3.46. The third-order valence-electron chi connectivity index (χ3n) is 4.34. The number of pyridine rings is 1.